The molecule has 9 heteroatoms. The van der Waals surface area contributed by atoms with Crippen LogP contribution in [0.5, 0.6) is 5.75 Å². The summed E-state index contributed by atoms with van der Waals surface area (Å²) in [6.07, 6.45) is 0.0460. The van der Waals surface area contributed by atoms with Crippen molar-refractivity contribution in [2.24, 2.45) is 7.05 Å². The quantitative estimate of drug-likeness (QED) is 0.555. The summed E-state index contributed by atoms with van der Waals surface area (Å²) in [6.45, 7) is 3.85. The molecule has 0 fully saturated rings. The van der Waals surface area contributed by atoms with Gasteiger partial charge in [-0.3, -0.25) is 9.59 Å². The Morgan fingerprint density at radius 1 is 1.27 bits per heavy atom. The van der Waals surface area contributed by atoms with Crippen molar-refractivity contribution in [1.29, 1.82) is 0 Å². The summed E-state index contributed by atoms with van der Waals surface area (Å²) in [6, 6.07) is 7.09. The highest BCUT2D eigenvalue weighted by Crippen LogP contribution is 2.23. The third-order valence-electron chi connectivity index (χ3n) is 3.54. The Morgan fingerprint density at radius 3 is 2.58 bits per heavy atom. The number of amides is 1. The summed E-state index contributed by atoms with van der Waals surface area (Å²) in [4.78, 5) is 23.9. The van der Waals surface area contributed by atoms with Crippen LogP contribution in [0.3, 0.4) is 0 Å². The van der Waals surface area contributed by atoms with Gasteiger partial charge in [-0.05, 0) is 38.1 Å². The molecule has 0 aliphatic heterocycles. The monoisotopic (exact) mass is 378 g/mol. The van der Waals surface area contributed by atoms with Crippen LogP contribution in [0.15, 0.2) is 29.4 Å². The highest BCUT2D eigenvalue weighted by Gasteiger charge is 2.20. The van der Waals surface area contributed by atoms with E-state index in [4.69, 9.17) is 9.47 Å². The predicted molar refractivity (Wildman–Crippen MR) is 98.3 cm³/mol. The van der Waals surface area contributed by atoms with E-state index in [1.54, 1.807) is 56.8 Å². The van der Waals surface area contributed by atoms with E-state index in [0.29, 0.717) is 23.3 Å². The van der Waals surface area contributed by atoms with Gasteiger partial charge in [0.1, 0.15) is 18.0 Å². The third kappa shape index (κ3) is 5.22. The molecule has 0 saturated carbocycles. The number of hydrogen-bond acceptors (Lipinski definition) is 7. The fraction of sp³-hybridized carbons (Fsp3) is 0.412. The van der Waals surface area contributed by atoms with Gasteiger partial charge >= 0.3 is 5.97 Å². The zero-order valence-corrected chi connectivity index (χ0v) is 16.0. The Kier molecular flexibility index (Phi) is 7.02. The first-order valence-corrected chi connectivity index (χ1v) is 8.98. The van der Waals surface area contributed by atoms with Crippen molar-refractivity contribution in [1.82, 2.24) is 14.8 Å². The van der Waals surface area contributed by atoms with Gasteiger partial charge in [-0.15, -0.1) is 10.2 Å². The van der Waals surface area contributed by atoms with E-state index in [9.17, 15) is 9.59 Å². The van der Waals surface area contributed by atoms with Crippen LogP contribution in [0.4, 0.5) is 5.69 Å². The van der Waals surface area contributed by atoms with Gasteiger partial charge in [-0.25, -0.2) is 0 Å². The van der Waals surface area contributed by atoms with Gasteiger partial charge in [0.25, 0.3) is 0 Å². The Bertz CT molecular complexity index is 761. The van der Waals surface area contributed by atoms with Crippen LogP contribution < -0.4 is 10.1 Å². The fourth-order valence-electron chi connectivity index (χ4n) is 2.07. The van der Waals surface area contributed by atoms with Gasteiger partial charge in [0.2, 0.25) is 5.91 Å². The number of aromatic nitrogens is 3. The minimum atomic E-state index is -0.393. The lowest BCUT2D eigenvalue weighted by atomic mass is 10.3. The molecule has 1 heterocycles. The molecule has 0 aliphatic carbocycles. The normalized spacial score (nSPS) is 11.7. The van der Waals surface area contributed by atoms with Crippen LogP contribution >= 0.6 is 11.8 Å². The van der Waals surface area contributed by atoms with Crippen LogP contribution in [0.1, 0.15) is 19.7 Å². The molecule has 0 radical (unpaired) electrons. The summed E-state index contributed by atoms with van der Waals surface area (Å²) < 4.78 is 11.7. The average molecular weight is 378 g/mol. The van der Waals surface area contributed by atoms with Gasteiger partial charge in [0, 0.05) is 12.7 Å². The molecule has 1 aromatic heterocycles. The van der Waals surface area contributed by atoms with Crippen molar-refractivity contribution < 1.29 is 19.1 Å². The number of nitrogens with one attached hydrogen (secondary N) is 1. The lowest BCUT2D eigenvalue weighted by molar-refractivity contribution is -0.142. The second-order valence-electron chi connectivity index (χ2n) is 5.42. The first-order chi connectivity index (χ1) is 12.4. The second-order valence-corrected chi connectivity index (χ2v) is 6.73. The molecular formula is C17H22N4O4S. The number of carbonyl (C=O) groups is 2. The van der Waals surface area contributed by atoms with Crippen LogP contribution in [-0.2, 0) is 27.8 Å². The first kappa shape index (κ1) is 19.8. The smallest absolute Gasteiger partial charge is 0.313 e. The molecule has 2 rings (SSSR count). The van der Waals surface area contributed by atoms with Gasteiger partial charge in [-0.2, -0.15) is 0 Å². The molecule has 1 aromatic carbocycles. The Labute approximate surface area is 156 Å². The molecule has 2 aromatic rings. The largest absolute Gasteiger partial charge is 0.497 e. The molecule has 26 heavy (non-hydrogen) atoms. The van der Waals surface area contributed by atoms with Crippen LogP contribution in [0, 0.1) is 0 Å². The highest BCUT2D eigenvalue weighted by molar-refractivity contribution is 8.00. The molecule has 0 aliphatic rings. The second kappa shape index (κ2) is 9.23. The number of benzene rings is 1. The number of esters is 1. The lowest BCUT2D eigenvalue weighted by Crippen LogP contribution is -2.22. The molecule has 0 unspecified atom stereocenters. The maximum absolute atomic E-state index is 12.4. The Balaban J connectivity index is 1.95. The molecule has 0 saturated heterocycles. The van der Waals surface area contributed by atoms with E-state index in [0.717, 1.165) is 5.75 Å². The average Bonchev–Trinajstić information content (AvgIpc) is 2.95. The minimum absolute atomic E-state index is 0.0460. The summed E-state index contributed by atoms with van der Waals surface area (Å²) in [7, 11) is 3.34. The molecular weight excluding hydrogens is 356 g/mol. The maximum atomic E-state index is 12.4. The van der Waals surface area contributed by atoms with E-state index in [-0.39, 0.29) is 18.3 Å². The van der Waals surface area contributed by atoms with Gasteiger partial charge < -0.3 is 19.4 Å². The summed E-state index contributed by atoms with van der Waals surface area (Å²) in [5.41, 5.74) is 0.684. The van der Waals surface area contributed by atoms with Crippen molar-refractivity contribution in [3.8, 4) is 5.75 Å². The zero-order chi connectivity index (χ0) is 19.1. The molecule has 8 nitrogen and oxygen atoms in total. The standard InChI is InChI=1S/C17H22N4O4S/c1-5-25-15(22)10-14-19-20-17(21(14)3)26-11(2)16(23)18-12-6-8-13(24-4)9-7-12/h6-9,11H,5,10H2,1-4H3,(H,18,23)/t11-/m1/s1. The zero-order valence-electron chi connectivity index (χ0n) is 15.2. The van der Waals surface area contributed by atoms with E-state index in [1.807, 2.05) is 0 Å². The van der Waals surface area contributed by atoms with Crippen LogP contribution in [0.25, 0.3) is 0 Å². The minimum Gasteiger partial charge on any atom is -0.497 e. The number of methoxy groups -OCH3 is 1. The molecule has 1 N–H and O–H groups in total. The number of ether oxygens (including phenoxy) is 2. The third-order valence-corrected chi connectivity index (χ3v) is 4.68. The number of carbonyl (C=O) groups excluding carboxylic acids is 2. The van der Waals surface area contributed by atoms with E-state index in [1.165, 1.54) is 11.8 Å². The summed E-state index contributed by atoms with van der Waals surface area (Å²) >= 11 is 1.27. The SMILES string of the molecule is CCOC(=O)Cc1nnc(S[C@H](C)C(=O)Nc2ccc(OC)cc2)n1C. The molecule has 140 valence electrons. The van der Waals surface area contributed by atoms with Crippen LogP contribution in [0.2, 0.25) is 0 Å². The van der Waals surface area contributed by atoms with E-state index < -0.39 is 5.25 Å². The molecule has 1 amide bonds. The molecule has 0 bridgehead atoms. The van der Waals surface area contributed by atoms with Crippen molar-refractivity contribution in [2.75, 3.05) is 19.0 Å². The van der Waals surface area contributed by atoms with E-state index >= 15 is 0 Å². The predicted octanol–water partition coefficient (Wildman–Crippen LogP) is 2.05. The van der Waals surface area contributed by atoms with Gasteiger partial charge in [0.15, 0.2) is 5.16 Å². The number of hydrogen-bond donors (Lipinski definition) is 1. The van der Waals surface area contributed by atoms with Crippen LogP contribution in [-0.4, -0.2) is 45.6 Å². The number of anilines is 1. The fourth-order valence-corrected chi connectivity index (χ4v) is 2.91. The lowest BCUT2D eigenvalue weighted by Gasteiger charge is -2.12. The Morgan fingerprint density at radius 2 is 1.96 bits per heavy atom. The van der Waals surface area contributed by atoms with E-state index in [2.05, 4.69) is 15.5 Å². The maximum Gasteiger partial charge on any atom is 0.313 e. The Hall–Kier alpha value is -2.55. The molecule has 0 spiro atoms. The number of rotatable bonds is 8. The van der Waals surface area contributed by atoms with Crippen molar-refractivity contribution >= 4 is 29.3 Å². The summed E-state index contributed by atoms with van der Waals surface area (Å²) in [5, 5.41) is 11.1. The topological polar surface area (TPSA) is 95.3 Å². The number of thioether (sulfide) groups is 1. The first-order valence-electron chi connectivity index (χ1n) is 8.10. The summed E-state index contributed by atoms with van der Waals surface area (Å²) in [5.74, 6) is 0.701. The van der Waals surface area contributed by atoms with Crippen molar-refractivity contribution in [3.63, 3.8) is 0 Å². The van der Waals surface area contributed by atoms with Gasteiger partial charge in [-0.1, -0.05) is 11.8 Å². The highest BCUT2D eigenvalue weighted by atomic mass is 32.2. The number of nitrogens with zero attached hydrogens (tertiary/aromatic N) is 3. The molecule has 1 atom stereocenters. The van der Waals surface area contributed by atoms with Crippen molar-refractivity contribution in [2.45, 2.75) is 30.7 Å². The van der Waals surface area contributed by atoms with Gasteiger partial charge in [0.05, 0.1) is 19.0 Å². The van der Waals surface area contributed by atoms with Crippen molar-refractivity contribution in [3.05, 3.63) is 30.1 Å².